The minimum absolute atomic E-state index is 0.241. The maximum Gasteiger partial charge on any atom is 0.354 e. The lowest BCUT2D eigenvalue weighted by atomic mass is 10.4. The summed E-state index contributed by atoms with van der Waals surface area (Å²) in [5.41, 5.74) is 5.12. The van der Waals surface area contributed by atoms with E-state index in [0.29, 0.717) is 0 Å². The summed E-state index contributed by atoms with van der Waals surface area (Å²) in [6.45, 7) is 1.89. The monoisotopic (exact) mass is 293 g/mol. The molecule has 0 aliphatic carbocycles. The highest BCUT2D eigenvalue weighted by Gasteiger charge is 2.04. The van der Waals surface area contributed by atoms with Crippen molar-refractivity contribution in [2.24, 2.45) is 0 Å². The van der Waals surface area contributed by atoms with Crippen LogP contribution in [0.3, 0.4) is 0 Å². The normalized spacial score (nSPS) is 16.1. The minimum Gasteiger partial charge on any atom is -0.383 e. The van der Waals surface area contributed by atoms with Crippen molar-refractivity contribution in [1.82, 2.24) is 9.55 Å². The van der Waals surface area contributed by atoms with Crippen LogP contribution in [0.5, 0.6) is 0 Å². The van der Waals surface area contributed by atoms with E-state index in [0.717, 1.165) is 17.2 Å². The molecule has 0 unspecified atom stereocenters. The molecule has 0 aromatic carbocycles. The summed E-state index contributed by atoms with van der Waals surface area (Å²) in [5, 5.41) is 2.81. The second-order valence-electron chi connectivity index (χ2n) is 3.80. The number of thioether (sulfide) groups is 2. The highest BCUT2D eigenvalue weighted by Crippen LogP contribution is 2.28. The van der Waals surface area contributed by atoms with Gasteiger partial charge in [-0.15, -0.1) is 11.8 Å². The SMILES string of the molecule is C/C=C(\S/C=C/C1=CCCS1)n1ccc(N)nc1=O. The van der Waals surface area contributed by atoms with Gasteiger partial charge in [-0.1, -0.05) is 23.9 Å². The van der Waals surface area contributed by atoms with Crippen LogP contribution in [0.15, 0.2) is 45.6 Å². The molecule has 1 aromatic heterocycles. The first kappa shape index (κ1) is 14.0. The summed E-state index contributed by atoms with van der Waals surface area (Å²) in [6.07, 6.45) is 8.94. The maximum absolute atomic E-state index is 11.7. The molecule has 0 saturated carbocycles. The van der Waals surface area contributed by atoms with E-state index in [1.807, 2.05) is 30.2 Å². The summed E-state index contributed by atoms with van der Waals surface area (Å²) >= 11 is 3.34. The molecule has 2 heterocycles. The van der Waals surface area contributed by atoms with Gasteiger partial charge in [0.1, 0.15) is 5.82 Å². The van der Waals surface area contributed by atoms with Gasteiger partial charge in [-0.3, -0.25) is 4.57 Å². The third kappa shape index (κ3) is 3.78. The van der Waals surface area contributed by atoms with E-state index in [9.17, 15) is 4.79 Å². The number of anilines is 1. The number of nitrogens with zero attached hydrogens (tertiary/aromatic N) is 2. The Hall–Kier alpha value is -1.40. The molecule has 1 aliphatic rings. The van der Waals surface area contributed by atoms with Gasteiger partial charge in [-0.25, -0.2) is 4.79 Å². The molecule has 0 radical (unpaired) electrons. The Bertz CT molecular complexity index is 602. The zero-order valence-electron chi connectivity index (χ0n) is 10.6. The number of rotatable bonds is 4. The molecule has 100 valence electrons. The van der Waals surface area contributed by atoms with E-state index in [-0.39, 0.29) is 11.5 Å². The van der Waals surface area contributed by atoms with Gasteiger partial charge in [-0.2, -0.15) is 4.98 Å². The van der Waals surface area contributed by atoms with Crippen molar-refractivity contribution < 1.29 is 0 Å². The largest absolute Gasteiger partial charge is 0.383 e. The fraction of sp³-hybridized carbons (Fsp3) is 0.231. The quantitative estimate of drug-likeness (QED) is 0.925. The van der Waals surface area contributed by atoms with Crippen LogP contribution in [-0.4, -0.2) is 15.3 Å². The lowest BCUT2D eigenvalue weighted by molar-refractivity contribution is 0.959. The Labute approximate surface area is 120 Å². The molecule has 2 N–H and O–H groups in total. The van der Waals surface area contributed by atoms with Crippen molar-refractivity contribution in [3.05, 3.63) is 51.3 Å². The summed E-state index contributed by atoms with van der Waals surface area (Å²) in [4.78, 5) is 16.7. The molecule has 0 bridgehead atoms. The second-order valence-corrected chi connectivity index (χ2v) is 5.89. The van der Waals surface area contributed by atoms with Crippen molar-refractivity contribution in [1.29, 1.82) is 0 Å². The van der Waals surface area contributed by atoms with E-state index >= 15 is 0 Å². The van der Waals surface area contributed by atoms with Crippen LogP contribution in [0.4, 0.5) is 5.82 Å². The fourth-order valence-electron chi connectivity index (χ4n) is 1.57. The van der Waals surface area contributed by atoms with Gasteiger partial charge in [0.25, 0.3) is 0 Å². The molecule has 0 fully saturated rings. The smallest absolute Gasteiger partial charge is 0.354 e. The van der Waals surface area contributed by atoms with Crippen LogP contribution in [0.2, 0.25) is 0 Å². The van der Waals surface area contributed by atoms with Gasteiger partial charge in [-0.05, 0) is 30.9 Å². The maximum atomic E-state index is 11.7. The summed E-state index contributed by atoms with van der Waals surface area (Å²) in [5.74, 6) is 1.40. The Balaban J connectivity index is 2.10. The van der Waals surface area contributed by atoms with E-state index in [4.69, 9.17) is 5.73 Å². The first-order chi connectivity index (χ1) is 9.20. The molecular formula is C13H15N3OS2. The molecule has 4 nitrogen and oxygen atoms in total. The lowest BCUT2D eigenvalue weighted by Crippen LogP contribution is -2.21. The highest BCUT2D eigenvalue weighted by atomic mass is 32.2. The first-order valence-corrected chi connectivity index (χ1v) is 7.75. The van der Waals surface area contributed by atoms with Crippen molar-refractivity contribution in [2.45, 2.75) is 13.3 Å². The van der Waals surface area contributed by atoms with Gasteiger partial charge in [0.2, 0.25) is 0 Å². The average Bonchev–Trinajstić information content (AvgIpc) is 2.89. The van der Waals surface area contributed by atoms with Gasteiger partial charge in [0.05, 0.1) is 5.03 Å². The number of nitrogen functional groups attached to an aromatic ring is 1. The summed E-state index contributed by atoms with van der Waals surface area (Å²) in [7, 11) is 0. The zero-order valence-corrected chi connectivity index (χ0v) is 12.2. The standard InChI is InChI=1S/C13H15N3OS2/c1-2-12(16-7-5-11(14)15-13(16)17)19-9-6-10-4-3-8-18-10/h2,4-7,9H,3,8H2,1H3,(H2,14,15,17)/b9-6+,12-2-. The molecule has 19 heavy (non-hydrogen) atoms. The molecule has 0 spiro atoms. The summed E-state index contributed by atoms with van der Waals surface area (Å²) < 4.78 is 1.49. The van der Waals surface area contributed by atoms with Gasteiger partial charge in [0, 0.05) is 16.9 Å². The van der Waals surface area contributed by atoms with Crippen molar-refractivity contribution >= 4 is 34.4 Å². The van der Waals surface area contributed by atoms with E-state index in [1.54, 1.807) is 12.3 Å². The molecular weight excluding hydrogens is 278 g/mol. The first-order valence-electron chi connectivity index (χ1n) is 5.89. The number of nitrogens with two attached hydrogens (primary N) is 1. The number of hydrogen-bond acceptors (Lipinski definition) is 5. The Morgan fingerprint density at radius 2 is 2.47 bits per heavy atom. The Kier molecular flexibility index (Phi) is 4.93. The van der Waals surface area contributed by atoms with E-state index in [2.05, 4.69) is 17.1 Å². The van der Waals surface area contributed by atoms with Gasteiger partial charge in [0.15, 0.2) is 0 Å². The van der Waals surface area contributed by atoms with Gasteiger partial charge >= 0.3 is 5.69 Å². The minimum atomic E-state index is -0.358. The molecule has 1 aliphatic heterocycles. The zero-order chi connectivity index (χ0) is 13.7. The topological polar surface area (TPSA) is 60.9 Å². The number of hydrogen-bond donors (Lipinski definition) is 1. The molecule has 0 amide bonds. The van der Waals surface area contributed by atoms with Crippen LogP contribution in [0.1, 0.15) is 13.3 Å². The molecule has 6 heteroatoms. The van der Waals surface area contributed by atoms with E-state index < -0.39 is 0 Å². The molecule has 2 rings (SSSR count). The molecule has 0 saturated heterocycles. The number of aromatic nitrogens is 2. The molecule has 1 aromatic rings. The van der Waals surface area contributed by atoms with Crippen LogP contribution in [0, 0.1) is 0 Å². The van der Waals surface area contributed by atoms with Crippen molar-refractivity contribution in [3.63, 3.8) is 0 Å². The Morgan fingerprint density at radius 1 is 1.63 bits per heavy atom. The van der Waals surface area contributed by atoms with Crippen molar-refractivity contribution in [3.8, 4) is 0 Å². The molecule has 0 atom stereocenters. The number of allylic oxidation sites excluding steroid dienone is 3. The predicted octanol–water partition coefficient (Wildman–Crippen LogP) is 2.91. The fourth-order valence-corrected chi connectivity index (χ4v) is 3.27. The van der Waals surface area contributed by atoms with Crippen molar-refractivity contribution in [2.75, 3.05) is 11.5 Å². The Morgan fingerprint density at radius 3 is 3.11 bits per heavy atom. The van der Waals surface area contributed by atoms with Crippen LogP contribution < -0.4 is 11.4 Å². The van der Waals surface area contributed by atoms with Gasteiger partial charge < -0.3 is 5.73 Å². The lowest BCUT2D eigenvalue weighted by Gasteiger charge is -2.06. The third-order valence-corrected chi connectivity index (χ3v) is 4.48. The van der Waals surface area contributed by atoms with E-state index in [1.165, 1.54) is 21.2 Å². The van der Waals surface area contributed by atoms with Crippen LogP contribution in [0.25, 0.3) is 5.03 Å². The summed E-state index contributed by atoms with van der Waals surface area (Å²) in [6, 6.07) is 1.62. The predicted molar refractivity (Wildman–Crippen MR) is 84.7 cm³/mol. The average molecular weight is 293 g/mol. The van der Waals surface area contributed by atoms with Crippen LogP contribution in [-0.2, 0) is 0 Å². The second kappa shape index (κ2) is 6.68. The highest BCUT2D eigenvalue weighted by molar-refractivity contribution is 8.10. The third-order valence-electron chi connectivity index (χ3n) is 2.46. The van der Waals surface area contributed by atoms with Crippen LogP contribution >= 0.6 is 23.5 Å².